The number of carbonyl (C=O) groups is 1. The van der Waals surface area contributed by atoms with Crippen molar-refractivity contribution >= 4 is 28.3 Å². The molecule has 1 amide bonds. The van der Waals surface area contributed by atoms with E-state index < -0.39 is 6.09 Å². The zero-order chi connectivity index (χ0) is 16.8. The number of fused-ring (bicyclic) bond motifs is 1. The molecule has 0 atom stereocenters. The molecule has 0 bridgehead atoms. The quantitative estimate of drug-likeness (QED) is 0.846. The zero-order valence-electron chi connectivity index (χ0n) is 14.1. The van der Waals surface area contributed by atoms with Gasteiger partial charge < -0.3 is 10.0 Å². The summed E-state index contributed by atoms with van der Waals surface area (Å²) in [6.07, 6.45) is 6.01. The van der Waals surface area contributed by atoms with Crippen LogP contribution >= 0.6 is 11.3 Å². The van der Waals surface area contributed by atoms with Gasteiger partial charge >= 0.3 is 6.09 Å². The number of hydrogen-bond acceptors (Lipinski definition) is 4. The number of aliphatic imine (C=N–C) groups is 1. The number of amidine groups is 1. The lowest BCUT2D eigenvalue weighted by Crippen LogP contribution is -2.33. The molecule has 2 aliphatic rings. The number of thiophene rings is 1. The molecular weight excluding hydrogens is 310 g/mol. The number of anilines is 1. The molecule has 1 aromatic rings. The normalized spacial score (nSPS) is 19.3. The van der Waals surface area contributed by atoms with Gasteiger partial charge in [-0.3, -0.25) is 4.90 Å². The SMILES string of the molecule is Cc1c(N(C)C2=NCN(C(=O)O)C=C2)sc2c1C(C)(C)CCC2. The van der Waals surface area contributed by atoms with Crippen molar-refractivity contribution in [1.82, 2.24) is 4.90 Å². The summed E-state index contributed by atoms with van der Waals surface area (Å²) in [4.78, 5) is 20.1. The first kappa shape index (κ1) is 16.1. The molecule has 1 aliphatic heterocycles. The lowest BCUT2D eigenvalue weighted by molar-refractivity contribution is 0.163. The van der Waals surface area contributed by atoms with E-state index in [1.807, 2.05) is 18.4 Å². The van der Waals surface area contributed by atoms with Crippen molar-refractivity contribution in [3.05, 3.63) is 28.3 Å². The fourth-order valence-electron chi connectivity index (χ4n) is 3.61. The second-order valence-electron chi connectivity index (χ2n) is 6.85. The highest BCUT2D eigenvalue weighted by Crippen LogP contribution is 2.47. The molecule has 2 heterocycles. The summed E-state index contributed by atoms with van der Waals surface area (Å²) >= 11 is 1.85. The van der Waals surface area contributed by atoms with E-state index in [4.69, 9.17) is 5.11 Å². The minimum absolute atomic E-state index is 0.154. The Morgan fingerprint density at radius 3 is 2.78 bits per heavy atom. The first-order valence-corrected chi connectivity index (χ1v) is 8.71. The Kier molecular flexibility index (Phi) is 3.96. The molecule has 0 unspecified atom stereocenters. The largest absolute Gasteiger partial charge is 0.465 e. The van der Waals surface area contributed by atoms with E-state index in [-0.39, 0.29) is 12.1 Å². The van der Waals surface area contributed by atoms with Crippen LogP contribution in [0.4, 0.5) is 9.80 Å². The smallest absolute Gasteiger partial charge is 0.412 e. The summed E-state index contributed by atoms with van der Waals surface area (Å²) in [6, 6.07) is 0. The van der Waals surface area contributed by atoms with Gasteiger partial charge in [-0.05, 0) is 48.8 Å². The maximum atomic E-state index is 11.0. The minimum atomic E-state index is -0.976. The molecule has 0 radical (unpaired) electrons. The van der Waals surface area contributed by atoms with Crippen LogP contribution in [0.5, 0.6) is 0 Å². The first-order valence-electron chi connectivity index (χ1n) is 7.90. The molecule has 1 N–H and O–H groups in total. The molecule has 1 aliphatic carbocycles. The second kappa shape index (κ2) is 5.67. The molecule has 124 valence electrons. The lowest BCUT2D eigenvalue weighted by Gasteiger charge is -2.31. The lowest BCUT2D eigenvalue weighted by atomic mass is 9.74. The number of likely N-dealkylation sites (N-methyl/N-ethyl adjacent to an activating group) is 1. The molecule has 23 heavy (non-hydrogen) atoms. The molecular formula is C17H23N3O2S. The van der Waals surface area contributed by atoms with Crippen LogP contribution in [-0.2, 0) is 11.8 Å². The minimum Gasteiger partial charge on any atom is -0.465 e. The van der Waals surface area contributed by atoms with Crippen LogP contribution in [0.25, 0.3) is 0 Å². The number of aryl methyl sites for hydroxylation is 1. The fourth-order valence-corrected chi connectivity index (χ4v) is 5.11. The van der Waals surface area contributed by atoms with Gasteiger partial charge in [0.15, 0.2) is 0 Å². The van der Waals surface area contributed by atoms with E-state index >= 15 is 0 Å². The third-order valence-corrected chi connectivity index (χ3v) is 6.19. The van der Waals surface area contributed by atoms with E-state index in [2.05, 4.69) is 30.7 Å². The predicted octanol–water partition coefficient (Wildman–Crippen LogP) is 3.97. The molecule has 0 saturated carbocycles. The van der Waals surface area contributed by atoms with Crippen LogP contribution < -0.4 is 4.90 Å². The van der Waals surface area contributed by atoms with Crippen LogP contribution in [0.1, 0.15) is 42.7 Å². The third-order valence-electron chi connectivity index (χ3n) is 4.76. The monoisotopic (exact) mass is 333 g/mol. The van der Waals surface area contributed by atoms with Crippen molar-refractivity contribution in [2.75, 3.05) is 18.6 Å². The molecule has 1 aromatic heterocycles. The standard InChI is InChI=1S/C17H23N3O2S/c1-11-14-12(6-5-8-17(14,2)3)23-15(11)19(4)13-7-9-20(10-18-13)16(21)22/h7,9H,5-6,8,10H2,1-4H3,(H,21,22). The molecule has 5 nitrogen and oxygen atoms in total. The maximum absolute atomic E-state index is 11.0. The van der Waals surface area contributed by atoms with Gasteiger partial charge in [-0.1, -0.05) is 13.8 Å². The van der Waals surface area contributed by atoms with Crippen molar-refractivity contribution in [2.45, 2.75) is 45.4 Å². The van der Waals surface area contributed by atoms with E-state index in [0.717, 1.165) is 12.3 Å². The predicted molar refractivity (Wildman–Crippen MR) is 94.7 cm³/mol. The van der Waals surface area contributed by atoms with Crippen LogP contribution in [-0.4, -0.2) is 35.7 Å². The van der Waals surface area contributed by atoms with Crippen molar-refractivity contribution in [2.24, 2.45) is 4.99 Å². The van der Waals surface area contributed by atoms with Gasteiger partial charge in [0.05, 0.1) is 5.00 Å². The Hall–Kier alpha value is -1.82. The van der Waals surface area contributed by atoms with E-state index in [9.17, 15) is 4.79 Å². The van der Waals surface area contributed by atoms with Crippen LogP contribution in [0, 0.1) is 6.92 Å². The van der Waals surface area contributed by atoms with Crippen molar-refractivity contribution in [1.29, 1.82) is 0 Å². The summed E-state index contributed by atoms with van der Waals surface area (Å²) in [5.74, 6) is 0.807. The number of nitrogens with zero attached hydrogens (tertiary/aromatic N) is 3. The number of amides is 1. The average Bonchev–Trinajstić information content (AvgIpc) is 2.84. The highest BCUT2D eigenvalue weighted by molar-refractivity contribution is 7.16. The molecule has 0 saturated heterocycles. The topological polar surface area (TPSA) is 56.1 Å². The molecule has 3 rings (SSSR count). The molecule has 0 aromatic carbocycles. The summed E-state index contributed by atoms with van der Waals surface area (Å²) in [5.41, 5.74) is 3.08. The van der Waals surface area contributed by atoms with Crippen molar-refractivity contribution in [3.8, 4) is 0 Å². The Morgan fingerprint density at radius 2 is 2.22 bits per heavy atom. The number of hydrogen-bond donors (Lipinski definition) is 1. The molecule has 0 fully saturated rings. The summed E-state index contributed by atoms with van der Waals surface area (Å²) in [6.45, 7) is 7.01. The summed E-state index contributed by atoms with van der Waals surface area (Å²) in [5, 5.41) is 10.2. The van der Waals surface area contributed by atoms with Gasteiger partial charge in [-0.25, -0.2) is 9.79 Å². The Labute approximate surface area is 140 Å². The summed E-state index contributed by atoms with van der Waals surface area (Å²) < 4.78 is 0. The third kappa shape index (κ3) is 2.76. The van der Waals surface area contributed by atoms with Crippen LogP contribution in [0.15, 0.2) is 17.3 Å². The Morgan fingerprint density at radius 1 is 1.48 bits per heavy atom. The van der Waals surface area contributed by atoms with Crippen molar-refractivity contribution < 1.29 is 9.90 Å². The maximum Gasteiger partial charge on any atom is 0.412 e. The Balaban J connectivity index is 1.90. The van der Waals surface area contributed by atoms with Crippen LogP contribution in [0.2, 0.25) is 0 Å². The van der Waals surface area contributed by atoms with E-state index in [1.165, 1.54) is 38.7 Å². The highest BCUT2D eigenvalue weighted by Gasteiger charge is 2.33. The van der Waals surface area contributed by atoms with E-state index in [1.54, 1.807) is 12.3 Å². The highest BCUT2D eigenvalue weighted by atomic mass is 32.1. The van der Waals surface area contributed by atoms with Gasteiger partial charge in [0.1, 0.15) is 12.5 Å². The fraction of sp³-hybridized carbons (Fsp3) is 0.529. The number of rotatable bonds is 1. The summed E-state index contributed by atoms with van der Waals surface area (Å²) in [7, 11) is 2.01. The van der Waals surface area contributed by atoms with Gasteiger partial charge in [-0.15, -0.1) is 11.3 Å². The Bertz CT molecular complexity index is 703. The van der Waals surface area contributed by atoms with Gasteiger partial charge in [0.25, 0.3) is 0 Å². The average molecular weight is 333 g/mol. The molecule has 6 heteroatoms. The van der Waals surface area contributed by atoms with Gasteiger partial charge in [-0.2, -0.15) is 0 Å². The van der Waals surface area contributed by atoms with E-state index in [0.29, 0.717) is 0 Å². The second-order valence-corrected chi connectivity index (χ2v) is 7.94. The van der Waals surface area contributed by atoms with Crippen LogP contribution in [0.3, 0.4) is 0 Å². The van der Waals surface area contributed by atoms with Gasteiger partial charge in [0.2, 0.25) is 0 Å². The molecule has 0 spiro atoms. The van der Waals surface area contributed by atoms with Crippen molar-refractivity contribution in [3.63, 3.8) is 0 Å². The zero-order valence-corrected chi connectivity index (χ0v) is 14.9. The number of carboxylic acid groups (broad SMARTS) is 1. The van der Waals surface area contributed by atoms with Gasteiger partial charge in [0, 0.05) is 18.1 Å². The first-order chi connectivity index (χ1) is 10.8.